The number of benzene rings is 2. The first-order chi connectivity index (χ1) is 16.1. The molecule has 0 aliphatic carbocycles. The number of nitrogens with zero attached hydrogens (tertiary/aromatic N) is 5. The Morgan fingerprint density at radius 2 is 1.79 bits per heavy atom. The summed E-state index contributed by atoms with van der Waals surface area (Å²) < 4.78 is 12.4. The number of amides is 1. The minimum Gasteiger partial charge on any atom is -0.497 e. The zero-order valence-electron chi connectivity index (χ0n) is 18.5. The molecule has 0 saturated carbocycles. The van der Waals surface area contributed by atoms with Crippen LogP contribution in [0.4, 0.5) is 5.82 Å². The van der Waals surface area contributed by atoms with Crippen molar-refractivity contribution in [3.05, 3.63) is 59.9 Å². The van der Waals surface area contributed by atoms with E-state index in [0.717, 1.165) is 12.0 Å². The van der Waals surface area contributed by atoms with E-state index >= 15 is 0 Å². The monoisotopic (exact) mass is 444 g/mol. The maximum atomic E-state index is 13.2. The quantitative estimate of drug-likeness (QED) is 0.504. The number of rotatable bonds is 5. The van der Waals surface area contributed by atoms with Gasteiger partial charge in [-0.25, -0.2) is 14.6 Å². The van der Waals surface area contributed by atoms with Crippen LogP contribution in [0, 0.1) is 0 Å². The Morgan fingerprint density at radius 1 is 1.06 bits per heavy atom. The normalized spacial score (nSPS) is 13.1. The standard InChI is InChI=1S/C24H24N6O3/c1-32-18-9-17(10-19(11-18)33-2)22-21-23(25)26-14-27-24(21)30(28-22)13-20(31)29-8-7-15-5-3-4-6-16(15)12-29/h3-6,9-11,14H,7-8,12-13H2,1-2H3,(H2,25,26,27). The number of ether oxygens (including phenoxy) is 2. The SMILES string of the molecule is COc1cc(OC)cc(-c2nn(CC(=O)N3CCc4ccccc4C3)c3ncnc(N)c23)c1. The van der Waals surface area contributed by atoms with Gasteiger partial charge in [-0.05, 0) is 29.7 Å². The molecule has 5 rings (SSSR count). The van der Waals surface area contributed by atoms with Gasteiger partial charge in [-0.3, -0.25) is 4.79 Å². The molecule has 3 heterocycles. The molecular weight excluding hydrogens is 420 g/mol. The van der Waals surface area contributed by atoms with Gasteiger partial charge in [0.2, 0.25) is 5.91 Å². The lowest BCUT2D eigenvalue weighted by Gasteiger charge is -2.28. The number of methoxy groups -OCH3 is 2. The van der Waals surface area contributed by atoms with Gasteiger partial charge in [-0.1, -0.05) is 24.3 Å². The minimum absolute atomic E-state index is 0.0270. The van der Waals surface area contributed by atoms with Crippen molar-refractivity contribution >= 4 is 22.8 Å². The Hall–Kier alpha value is -4.14. The summed E-state index contributed by atoms with van der Waals surface area (Å²) in [6, 6.07) is 13.7. The number of carbonyl (C=O) groups excluding carboxylic acids is 1. The Kier molecular flexibility index (Phi) is 5.29. The number of aromatic nitrogens is 4. The Morgan fingerprint density at radius 3 is 2.52 bits per heavy atom. The van der Waals surface area contributed by atoms with Crippen molar-refractivity contribution in [1.82, 2.24) is 24.6 Å². The predicted octanol–water partition coefficient (Wildman–Crippen LogP) is 2.68. The summed E-state index contributed by atoms with van der Waals surface area (Å²) in [7, 11) is 3.17. The van der Waals surface area contributed by atoms with E-state index in [0.29, 0.717) is 47.1 Å². The van der Waals surface area contributed by atoms with Gasteiger partial charge < -0.3 is 20.1 Å². The van der Waals surface area contributed by atoms with Gasteiger partial charge in [0.1, 0.15) is 35.9 Å². The number of carbonyl (C=O) groups is 1. The summed E-state index contributed by atoms with van der Waals surface area (Å²) >= 11 is 0. The summed E-state index contributed by atoms with van der Waals surface area (Å²) in [5.41, 5.74) is 10.5. The van der Waals surface area contributed by atoms with E-state index in [1.165, 1.54) is 17.5 Å². The van der Waals surface area contributed by atoms with Crippen LogP contribution in [0.25, 0.3) is 22.3 Å². The Bertz CT molecular complexity index is 1330. The fraction of sp³-hybridized carbons (Fsp3) is 0.250. The van der Waals surface area contributed by atoms with Crippen LogP contribution in [0.15, 0.2) is 48.8 Å². The summed E-state index contributed by atoms with van der Waals surface area (Å²) in [4.78, 5) is 23.6. The molecule has 168 valence electrons. The third kappa shape index (κ3) is 3.82. The lowest BCUT2D eigenvalue weighted by Crippen LogP contribution is -2.38. The van der Waals surface area contributed by atoms with Crippen molar-refractivity contribution < 1.29 is 14.3 Å². The van der Waals surface area contributed by atoms with Crippen molar-refractivity contribution in [2.24, 2.45) is 0 Å². The Balaban J connectivity index is 1.52. The number of anilines is 1. The van der Waals surface area contributed by atoms with Crippen LogP contribution >= 0.6 is 0 Å². The summed E-state index contributed by atoms with van der Waals surface area (Å²) in [6.45, 7) is 1.31. The number of hydrogen-bond acceptors (Lipinski definition) is 7. The lowest BCUT2D eigenvalue weighted by molar-refractivity contribution is -0.132. The maximum absolute atomic E-state index is 13.2. The summed E-state index contributed by atoms with van der Waals surface area (Å²) in [5, 5.41) is 5.31. The highest BCUT2D eigenvalue weighted by Gasteiger charge is 2.24. The van der Waals surface area contributed by atoms with Crippen LogP contribution in [-0.2, 0) is 24.3 Å². The van der Waals surface area contributed by atoms with E-state index in [4.69, 9.17) is 20.3 Å². The van der Waals surface area contributed by atoms with Gasteiger partial charge >= 0.3 is 0 Å². The molecule has 1 amide bonds. The highest BCUT2D eigenvalue weighted by molar-refractivity contribution is 5.99. The maximum Gasteiger partial charge on any atom is 0.244 e. The highest BCUT2D eigenvalue weighted by atomic mass is 16.5. The average Bonchev–Trinajstić information content (AvgIpc) is 3.23. The van der Waals surface area contributed by atoms with Crippen LogP contribution in [0.3, 0.4) is 0 Å². The van der Waals surface area contributed by atoms with E-state index in [2.05, 4.69) is 22.1 Å². The lowest BCUT2D eigenvalue weighted by atomic mass is 10.00. The third-order valence-electron chi connectivity index (χ3n) is 5.95. The second-order valence-corrected chi connectivity index (χ2v) is 7.90. The van der Waals surface area contributed by atoms with Crippen molar-refractivity contribution in [1.29, 1.82) is 0 Å². The zero-order valence-corrected chi connectivity index (χ0v) is 18.5. The van der Waals surface area contributed by atoms with Gasteiger partial charge in [0.25, 0.3) is 0 Å². The van der Waals surface area contributed by atoms with Gasteiger partial charge in [0.05, 0.1) is 19.6 Å². The van der Waals surface area contributed by atoms with Crippen LogP contribution in [0.2, 0.25) is 0 Å². The predicted molar refractivity (Wildman–Crippen MR) is 124 cm³/mol. The van der Waals surface area contributed by atoms with Crippen LogP contribution in [0.5, 0.6) is 11.5 Å². The summed E-state index contributed by atoms with van der Waals surface area (Å²) in [6.07, 6.45) is 2.22. The van der Waals surface area contributed by atoms with E-state index in [9.17, 15) is 4.79 Å². The molecule has 9 nitrogen and oxygen atoms in total. The molecule has 0 unspecified atom stereocenters. The molecule has 33 heavy (non-hydrogen) atoms. The fourth-order valence-corrected chi connectivity index (χ4v) is 4.22. The van der Waals surface area contributed by atoms with E-state index < -0.39 is 0 Å². The Labute approximate surface area is 190 Å². The van der Waals surface area contributed by atoms with E-state index in [1.54, 1.807) is 25.0 Å². The molecule has 2 N–H and O–H groups in total. The van der Waals surface area contributed by atoms with E-state index in [-0.39, 0.29) is 12.5 Å². The molecule has 1 aliphatic heterocycles. The van der Waals surface area contributed by atoms with Gasteiger partial charge in [-0.15, -0.1) is 0 Å². The van der Waals surface area contributed by atoms with Gasteiger partial charge in [0, 0.05) is 24.7 Å². The van der Waals surface area contributed by atoms with E-state index in [1.807, 2.05) is 29.2 Å². The molecule has 0 spiro atoms. The number of fused-ring (bicyclic) bond motifs is 2. The topological polar surface area (TPSA) is 108 Å². The molecule has 1 aliphatic rings. The summed E-state index contributed by atoms with van der Waals surface area (Å²) in [5.74, 6) is 1.50. The number of hydrogen-bond donors (Lipinski definition) is 1. The first kappa shape index (κ1) is 20.7. The molecule has 0 fully saturated rings. The van der Waals surface area contributed by atoms with Crippen molar-refractivity contribution in [2.75, 3.05) is 26.5 Å². The second kappa shape index (κ2) is 8.42. The molecule has 9 heteroatoms. The molecule has 0 bridgehead atoms. The van der Waals surface area contributed by atoms with Crippen LogP contribution in [0.1, 0.15) is 11.1 Å². The molecule has 0 atom stereocenters. The first-order valence-corrected chi connectivity index (χ1v) is 10.6. The van der Waals surface area contributed by atoms with Crippen molar-refractivity contribution in [3.63, 3.8) is 0 Å². The van der Waals surface area contributed by atoms with Crippen LogP contribution in [-0.4, -0.2) is 51.3 Å². The largest absolute Gasteiger partial charge is 0.497 e. The first-order valence-electron chi connectivity index (χ1n) is 10.6. The molecule has 0 saturated heterocycles. The highest BCUT2D eigenvalue weighted by Crippen LogP contribution is 2.35. The number of nitrogen functional groups attached to an aromatic ring is 1. The molecular formula is C24H24N6O3. The smallest absolute Gasteiger partial charge is 0.244 e. The molecule has 2 aromatic carbocycles. The van der Waals surface area contributed by atoms with Gasteiger partial charge in [0.15, 0.2) is 5.65 Å². The second-order valence-electron chi connectivity index (χ2n) is 7.90. The average molecular weight is 444 g/mol. The van der Waals surface area contributed by atoms with Crippen molar-refractivity contribution in [3.8, 4) is 22.8 Å². The number of nitrogens with two attached hydrogens (primary N) is 1. The third-order valence-corrected chi connectivity index (χ3v) is 5.95. The molecule has 4 aromatic rings. The van der Waals surface area contributed by atoms with Crippen LogP contribution < -0.4 is 15.2 Å². The molecule has 2 aromatic heterocycles. The van der Waals surface area contributed by atoms with Crippen molar-refractivity contribution in [2.45, 2.75) is 19.5 Å². The zero-order chi connectivity index (χ0) is 22.9. The van der Waals surface area contributed by atoms with Gasteiger partial charge in [-0.2, -0.15) is 5.10 Å². The fourth-order valence-electron chi connectivity index (χ4n) is 4.22. The minimum atomic E-state index is -0.0270. The molecule has 0 radical (unpaired) electrons.